The normalized spacial score (nSPS) is 11.0. The second kappa shape index (κ2) is 4.70. The number of aryl methyl sites for hydroxylation is 1. The van der Waals surface area contributed by atoms with Crippen molar-refractivity contribution in [3.05, 3.63) is 64.5 Å². The van der Waals surface area contributed by atoms with Gasteiger partial charge in [-0.05, 0) is 23.8 Å². The van der Waals surface area contributed by atoms with Crippen molar-refractivity contribution in [3.63, 3.8) is 0 Å². The first-order valence-electron chi connectivity index (χ1n) is 6.26. The molecule has 1 aromatic heterocycles. The summed E-state index contributed by atoms with van der Waals surface area (Å²) in [6.45, 7) is 0. The van der Waals surface area contributed by atoms with Gasteiger partial charge in [-0.2, -0.15) is 0 Å². The molecule has 0 saturated heterocycles. The van der Waals surface area contributed by atoms with E-state index in [4.69, 9.17) is 0 Å². The van der Waals surface area contributed by atoms with Crippen molar-refractivity contribution >= 4 is 10.9 Å². The third-order valence-electron chi connectivity index (χ3n) is 3.42. The fourth-order valence-electron chi connectivity index (χ4n) is 2.38. The van der Waals surface area contributed by atoms with Gasteiger partial charge in [-0.25, -0.2) is 8.78 Å². The van der Waals surface area contributed by atoms with E-state index in [1.54, 1.807) is 7.05 Å². The van der Waals surface area contributed by atoms with Crippen LogP contribution in [0.4, 0.5) is 8.78 Å². The van der Waals surface area contributed by atoms with Gasteiger partial charge in [-0.1, -0.05) is 12.1 Å². The zero-order chi connectivity index (χ0) is 15.1. The molecule has 0 amide bonds. The lowest BCUT2D eigenvalue weighted by molar-refractivity contribution is 0.475. The highest BCUT2D eigenvalue weighted by Gasteiger charge is 2.18. The number of fused-ring (bicyclic) bond motifs is 1. The van der Waals surface area contributed by atoms with Crippen LogP contribution in [0.25, 0.3) is 22.0 Å². The van der Waals surface area contributed by atoms with Crippen LogP contribution in [0.2, 0.25) is 0 Å². The van der Waals surface area contributed by atoms with E-state index < -0.39 is 17.1 Å². The van der Waals surface area contributed by atoms with Gasteiger partial charge in [0.15, 0.2) is 11.2 Å². The Labute approximate surface area is 118 Å². The molecule has 0 aliphatic carbocycles. The maximum atomic E-state index is 14.7. The molecule has 3 nitrogen and oxygen atoms in total. The van der Waals surface area contributed by atoms with Crippen molar-refractivity contribution in [3.8, 4) is 16.9 Å². The first-order valence-corrected chi connectivity index (χ1v) is 6.26. The average Bonchev–Trinajstić information content (AvgIpc) is 2.44. The summed E-state index contributed by atoms with van der Waals surface area (Å²) in [6, 6.07) is 7.85. The zero-order valence-corrected chi connectivity index (χ0v) is 11.1. The minimum absolute atomic E-state index is 0.00229. The lowest BCUT2D eigenvalue weighted by Gasteiger charge is -2.11. The molecule has 5 heteroatoms. The number of nitrogens with zero attached hydrogens (tertiary/aromatic N) is 1. The molecule has 0 fully saturated rings. The Morgan fingerprint density at radius 2 is 1.76 bits per heavy atom. The van der Waals surface area contributed by atoms with E-state index in [2.05, 4.69) is 0 Å². The Morgan fingerprint density at radius 3 is 2.43 bits per heavy atom. The largest absolute Gasteiger partial charge is 0.508 e. The molecule has 0 unspecified atom stereocenters. The quantitative estimate of drug-likeness (QED) is 0.747. The molecule has 3 aromatic rings. The zero-order valence-electron chi connectivity index (χ0n) is 11.1. The number of phenols is 1. The summed E-state index contributed by atoms with van der Waals surface area (Å²) in [4.78, 5) is 11.7. The van der Waals surface area contributed by atoms with Crippen LogP contribution in [0.3, 0.4) is 0 Å². The number of aromatic nitrogens is 1. The summed E-state index contributed by atoms with van der Waals surface area (Å²) >= 11 is 0. The number of halogens is 2. The summed E-state index contributed by atoms with van der Waals surface area (Å²) < 4.78 is 30.4. The number of phenolic OH excluding ortho intramolecular Hbond substituents is 1. The molecule has 0 aliphatic rings. The van der Waals surface area contributed by atoms with Crippen molar-refractivity contribution in [1.82, 2.24) is 4.57 Å². The molecule has 0 atom stereocenters. The van der Waals surface area contributed by atoms with Crippen LogP contribution in [0, 0.1) is 11.6 Å². The molecule has 0 saturated carbocycles. The molecule has 0 radical (unpaired) electrons. The topological polar surface area (TPSA) is 42.2 Å². The van der Waals surface area contributed by atoms with Gasteiger partial charge in [0.25, 0.3) is 0 Å². The first kappa shape index (κ1) is 13.3. The molecular weight excluding hydrogens is 276 g/mol. The monoisotopic (exact) mass is 287 g/mol. The highest BCUT2D eigenvalue weighted by molar-refractivity contribution is 5.86. The molecular formula is C16H11F2NO2. The van der Waals surface area contributed by atoms with Crippen LogP contribution in [0.5, 0.6) is 5.75 Å². The molecule has 21 heavy (non-hydrogen) atoms. The Hall–Kier alpha value is -2.69. The van der Waals surface area contributed by atoms with Crippen molar-refractivity contribution in [2.24, 2.45) is 7.05 Å². The number of aromatic hydroxyl groups is 1. The number of rotatable bonds is 1. The van der Waals surface area contributed by atoms with Gasteiger partial charge in [0, 0.05) is 19.3 Å². The van der Waals surface area contributed by atoms with E-state index in [1.807, 2.05) is 0 Å². The summed E-state index contributed by atoms with van der Waals surface area (Å²) in [5.41, 5.74) is -0.310. The molecule has 0 bridgehead atoms. The van der Waals surface area contributed by atoms with Gasteiger partial charge < -0.3 is 9.67 Å². The number of pyridine rings is 1. The second-order valence-electron chi connectivity index (χ2n) is 4.78. The van der Waals surface area contributed by atoms with Crippen molar-refractivity contribution in [1.29, 1.82) is 0 Å². The third-order valence-corrected chi connectivity index (χ3v) is 3.42. The molecule has 0 aliphatic heterocycles. The van der Waals surface area contributed by atoms with Crippen molar-refractivity contribution < 1.29 is 13.9 Å². The van der Waals surface area contributed by atoms with E-state index in [0.29, 0.717) is 5.56 Å². The standard InChI is InChI=1S/C16H11F2NO2/c1-19-7-6-13(21)11-8-12(17)14(15(18)16(11)19)9-2-4-10(20)5-3-9/h2-8,20H,1H3. The van der Waals surface area contributed by atoms with Crippen LogP contribution in [0.15, 0.2) is 47.4 Å². The molecule has 2 aromatic carbocycles. The molecule has 0 spiro atoms. The van der Waals surface area contributed by atoms with Gasteiger partial charge in [0.1, 0.15) is 11.6 Å². The fraction of sp³-hybridized carbons (Fsp3) is 0.0625. The van der Waals surface area contributed by atoms with Crippen molar-refractivity contribution in [2.75, 3.05) is 0 Å². The molecule has 106 valence electrons. The second-order valence-corrected chi connectivity index (χ2v) is 4.78. The lowest BCUT2D eigenvalue weighted by atomic mass is 10.0. The highest BCUT2D eigenvalue weighted by atomic mass is 19.1. The Balaban J connectivity index is 2.42. The van der Waals surface area contributed by atoms with Gasteiger partial charge in [-0.15, -0.1) is 0 Å². The Bertz CT molecular complexity index is 899. The number of hydrogen-bond acceptors (Lipinski definition) is 2. The maximum Gasteiger partial charge on any atom is 0.189 e. The van der Waals surface area contributed by atoms with Crippen LogP contribution < -0.4 is 5.43 Å². The van der Waals surface area contributed by atoms with E-state index >= 15 is 0 Å². The molecule has 1 heterocycles. The number of benzene rings is 2. The van der Waals surface area contributed by atoms with Gasteiger partial charge >= 0.3 is 0 Å². The fourth-order valence-corrected chi connectivity index (χ4v) is 2.38. The van der Waals surface area contributed by atoms with Gasteiger partial charge in [0.05, 0.1) is 16.5 Å². The summed E-state index contributed by atoms with van der Waals surface area (Å²) in [6.07, 6.45) is 1.44. The Morgan fingerprint density at radius 1 is 1.10 bits per heavy atom. The van der Waals surface area contributed by atoms with Crippen LogP contribution in [-0.2, 0) is 7.05 Å². The first-order chi connectivity index (χ1) is 9.99. The highest BCUT2D eigenvalue weighted by Crippen LogP contribution is 2.31. The number of hydrogen-bond donors (Lipinski definition) is 1. The van der Waals surface area contributed by atoms with E-state index in [1.165, 1.54) is 41.1 Å². The van der Waals surface area contributed by atoms with Crippen LogP contribution >= 0.6 is 0 Å². The molecule has 3 rings (SSSR count). The van der Waals surface area contributed by atoms with Gasteiger partial charge in [0.2, 0.25) is 0 Å². The summed E-state index contributed by atoms with van der Waals surface area (Å²) in [7, 11) is 1.59. The minimum atomic E-state index is -0.811. The average molecular weight is 287 g/mol. The predicted molar refractivity (Wildman–Crippen MR) is 76.2 cm³/mol. The molecule has 1 N–H and O–H groups in total. The minimum Gasteiger partial charge on any atom is -0.508 e. The Kier molecular flexibility index (Phi) is 2.97. The summed E-state index contributed by atoms with van der Waals surface area (Å²) in [5.74, 6) is -1.60. The van der Waals surface area contributed by atoms with Crippen LogP contribution in [0.1, 0.15) is 0 Å². The third kappa shape index (κ3) is 2.07. The smallest absolute Gasteiger partial charge is 0.189 e. The SMILES string of the molecule is Cn1ccc(=O)c2cc(F)c(-c3ccc(O)cc3)c(F)c21. The maximum absolute atomic E-state index is 14.7. The lowest BCUT2D eigenvalue weighted by Crippen LogP contribution is -2.08. The van der Waals surface area contributed by atoms with E-state index in [0.717, 1.165) is 6.07 Å². The van der Waals surface area contributed by atoms with Crippen molar-refractivity contribution in [2.45, 2.75) is 0 Å². The van der Waals surface area contributed by atoms with E-state index in [9.17, 15) is 18.7 Å². The van der Waals surface area contributed by atoms with Crippen LogP contribution in [-0.4, -0.2) is 9.67 Å². The van der Waals surface area contributed by atoms with E-state index in [-0.39, 0.29) is 22.2 Å². The van der Waals surface area contributed by atoms with Gasteiger partial charge in [-0.3, -0.25) is 4.79 Å². The summed E-state index contributed by atoms with van der Waals surface area (Å²) in [5, 5.41) is 9.26. The predicted octanol–water partition coefficient (Wildman–Crippen LogP) is 3.19.